The van der Waals surface area contributed by atoms with Gasteiger partial charge in [0.25, 0.3) is 10.0 Å². The largest absolute Gasteiger partial charge is 0.369 e. The van der Waals surface area contributed by atoms with Crippen molar-refractivity contribution < 1.29 is 21.6 Å². The summed E-state index contributed by atoms with van der Waals surface area (Å²) in [6, 6.07) is 4.92. The van der Waals surface area contributed by atoms with Crippen LogP contribution in [0.1, 0.15) is 45.4 Å². The predicted octanol–water partition coefficient (Wildman–Crippen LogP) is 5.43. The molecule has 1 aromatic heterocycles. The van der Waals surface area contributed by atoms with Crippen LogP contribution in [0.2, 0.25) is 5.02 Å². The quantitative estimate of drug-likeness (QED) is 0.403. The Balaban J connectivity index is 1.32. The molecule has 0 unspecified atom stereocenters. The average molecular weight is 543 g/mol. The van der Waals surface area contributed by atoms with E-state index in [0.717, 1.165) is 44.5 Å². The van der Waals surface area contributed by atoms with E-state index in [1.54, 1.807) is 0 Å². The van der Waals surface area contributed by atoms with Crippen molar-refractivity contribution >= 4 is 33.1 Å². The smallest absolute Gasteiger partial charge is 0.268 e. The highest BCUT2D eigenvalue weighted by atomic mass is 35.5. The maximum Gasteiger partial charge on any atom is 0.268 e. The van der Waals surface area contributed by atoms with Crippen LogP contribution in [-0.4, -0.2) is 50.5 Å². The average Bonchev–Trinajstić information content (AvgIpc) is 2.79. The summed E-state index contributed by atoms with van der Waals surface area (Å²) < 4.78 is 70.8. The number of nitrogens with zero attached hydrogens (tertiary/aromatic N) is 3. The molecule has 0 amide bonds. The standard InChI is InChI=1S/C25H30ClF3N4O2S/c1-16-5-4-10-32(13-16)17-6-3-9-25(12-17)14-33(15-25)19-11-18(27)24(23(29)22(19)26)36(34,35)31-21-8-2-7-20(28)30-21/h2,7-8,11,16-17H,3-6,9-10,12-15H2,1H3,(H,30,31)/t16-,17-/m1/s1. The molecular formula is C25H30ClF3N4O2S. The van der Waals surface area contributed by atoms with Crippen molar-refractivity contribution in [3.8, 4) is 0 Å². The first-order chi connectivity index (χ1) is 17.1. The second-order valence-corrected chi connectivity index (χ2v) is 12.6. The number of nitrogens with one attached hydrogen (secondary N) is 1. The molecule has 3 heterocycles. The van der Waals surface area contributed by atoms with Gasteiger partial charge >= 0.3 is 0 Å². The Morgan fingerprint density at radius 2 is 1.94 bits per heavy atom. The van der Waals surface area contributed by atoms with E-state index in [2.05, 4.69) is 16.8 Å². The van der Waals surface area contributed by atoms with E-state index in [1.807, 2.05) is 9.62 Å². The normalized spacial score (nSPS) is 24.5. The lowest BCUT2D eigenvalue weighted by Gasteiger charge is -2.56. The molecule has 0 radical (unpaired) electrons. The fourth-order valence-electron chi connectivity index (χ4n) is 6.20. The topological polar surface area (TPSA) is 65.5 Å². The van der Waals surface area contributed by atoms with Crippen LogP contribution in [0.3, 0.4) is 0 Å². The first kappa shape index (κ1) is 25.6. The van der Waals surface area contributed by atoms with Gasteiger partial charge in [0.1, 0.15) is 16.7 Å². The zero-order chi connectivity index (χ0) is 25.7. The van der Waals surface area contributed by atoms with Gasteiger partial charge in [0.05, 0.1) is 5.69 Å². The lowest BCUT2D eigenvalue weighted by molar-refractivity contribution is 0.0329. The van der Waals surface area contributed by atoms with Gasteiger partial charge in [-0.25, -0.2) is 22.2 Å². The van der Waals surface area contributed by atoms with Gasteiger partial charge in [0.15, 0.2) is 10.7 Å². The van der Waals surface area contributed by atoms with Crippen LogP contribution in [0.4, 0.5) is 24.7 Å². The van der Waals surface area contributed by atoms with Gasteiger partial charge in [-0.3, -0.25) is 4.72 Å². The van der Waals surface area contributed by atoms with E-state index >= 15 is 8.78 Å². The first-order valence-electron chi connectivity index (χ1n) is 12.4. The van der Waals surface area contributed by atoms with Crippen molar-refractivity contribution in [2.45, 2.75) is 56.4 Å². The molecule has 1 spiro atoms. The third-order valence-electron chi connectivity index (χ3n) is 7.83. The molecule has 1 N–H and O–H groups in total. The lowest BCUT2D eigenvalue weighted by atomic mass is 9.66. The Labute approximate surface area is 214 Å². The summed E-state index contributed by atoms with van der Waals surface area (Å²) in [4.78, 5) is 6.61. The van der Waals surface area contributed by atoms with E-state index < -0.39 is 43.3 Å². The number of hydrogen-bond donors (Lipinski definition) is 1. The highest BCUT2D eigenvalue weighted by molar-refractivity contribution is 7.92. The number of pyridine rings is 1. The van der Waals surface area contributed by atoms with Crippen molar-refractivity contribution in [2.75, 3.05) is 35.8 Å². The predicted molar refractivity (Wildman–Crippen MR) is 133 cm³/mol. The molecule has 2 aliphatic heterocycles. The molecule has 2 saturated heterocycles. The maximum absolute atomic E-state index is 15.2. The minimum absolute atomic E-state index is 0.0786. The van der Waals surface area contributed by atoms with Crippen molar-refractivity contribution in [1.82, 2.24) is 9.88 Å². The molecule has 196 valence electrons. The van der Waals surface area contributed by atoms with E-state index in [-0.39, 0.29) is 11.1 Å². The van der Waals surface area contributed by atoms with Crippen LogP contribution in [-0.2, 0) is 10.0 Å². The summed E-state index contributed by atoms with van der Waals surface area (Å²) in [6.07, 6.45) is 6.91. The zero-order valence-corrected chi connectivity index (χ0v) is 21.7. The summed E-state index contributed by atoms with van der Waals surface area (Å²) in [5.41, 5.74) is 0.226. The molecule has 3 aliphatic rings. The van der Waals surface area contributed by atoms with Gasteiger partial charge in [-0.1, -0.05) is 31.0 Å². The molecule has 3 fully saturated rings. The van der Waals surface area contributed by atoms with Gasteiger partial charge in [-0.15, -0.1) is 0 Å². The molecule has 2 atom stereocenters. The number of hydrogen-bond acceptors (Lipinski definition) is 5. The molecule has 1 saturated carbocycles. The molecule has 36 heavy (non-hydrogen) atoms. The van der Waals surface area contributed by atoms with Gasteiger partial charge in [-0.2, -0.15) is 4.39 Å². The number of piperidine rings is 1. The van der Waals surface area contributed by atoms with E-state index in [9.17, 15) is 12.8 Å². The van der Waals surface area contributed by atoms with Crippen LogP contribution in [0.25, 0.3) is 0 Å². The highest BCUT2D eigenvalue weighted by Gasteiger charge is 2.48. The Kier molecular flexibility index (Phi) is 6.89. The number of anilines is 2. The molecule has 5 rings (SSSR count). The fraction of sp³-hybridized carbons (Fsp3) is 0.560. The molecule has 1 aliphatic carbocycles. The zero-order valence-electron chi connectivity index (χ0n) is 20.1. The minimum Gasteiger partial charge on any atom is -0.369 e. The number of benzene rings is 1. The minimum atomic E-state index is -4.73. The van der Waals surface area contributed by atoms with Crippen LogP contribution < -0.4 is 9.62 Å². The van der Waals surface area contributed by atoms with Crippen molar-refractivity contribution in [2.24, 2.45) is 11.3 Å². The summed E-state index contributed by atoms with van der Waals surface area (Å²) in [5, 5.41) is -0.448. The Hall–Kier alpha value is -2.04. The highest BCUT2D eigenvalue weighted by Crippen LogP contribution is 2.49. The lowest BCUT2D eigenvalue weighted by Crippen LogP contribution is -2.61. The third-order valence-corrected chi connectivity index (χ3v) is 9.58. The second kappa shape index (κ2) is 9.68. The Bertz CT molecular complexity index is 1260. The van der Waals surface area contributed by atoms with Gasteiger partial charge < -0.3 is 9.80 Å². The summed E-state index contributed by atoms with van der Waals surface area (Å²) in [7, 11) is -4.73. The number of rotatable bonds is 5. The van der Waals surface area contributed by atoms with Crippen molar-refractivity contribution in [3.05, 3.63) is 46.9 Å². The van der Waals surface area contributed by atoms with Crippen LogP contribution in [0.15, 0.2) is 29.2 Å². The first-order valence-corrected chi connectivity index (χ1v) is 14.2. The number of likely N-dealkylation sites (tertiary alicyclic amines) is 1. The van der Waals surface area contributed by atoms with Crippen LogP contribution in [0.5, 0.6) is 0 Å². The third kappa shape index (κ3) is 4.91. The number of aromatic nitrogens is 1. The Morgan fingerprint density at radius 1 is 1.17 bits per heavy atom. The molecule has 2 aromatic rings. The molecule has 1 aromatic carbocycles. The van der Waals surface area contributed by atoms with Gasteiger partial charge in [0, 0.05) is 37.2 Å². The number of sulfonamides is 1. The molecule has 6 nitrogen and oxygen atoms in total. The fourth-order valence-corrected chi connectivity index (χ4v) is 7.67. The molecular weight excluding hydrogens is 513 g/mol. The van der Waals surface area contributed by atoms with Crippen molar-refractivity contribution in [3.63, 3.8) is 0 Å². The maximum atomic E-state index is 15.2. The Morgan fingerprint density at radius 3 is 2.67 bits per heavy atom. The van der Waals surface area contributed by atoms with E-state index in [0.29, 0.717) is 25.0 Å². The summed E-state index contributed by atoms with van der Waals surface area (Å²) >= 11 is 6.25. The van der Waals surface area contributed by atoms with E-state index in [1.165, 1.54) is 31.4 Å². The van der Waals surface area contributed by atoms with E-state index in [4.69, 9.17) is 11.6 Å². The van der Waals surface area contributed by atoms with Crippen LogP contribution >= 0.6 is 11.6 Å². The summed E-state index contributed by atoms with van der Waals surface area (Å²) in [5.74, 6) is -3.26. The van der Waals surface area contributed by atoms with Crippen molar-refractivity contribution in [1.29, 1.82) is 0 Å². The molecule has 11 heteroatoms. The van der Waals surface area contributed by atoms with Gasteiger partial charge in [0.2, 0.25) is 5.95 Å². The number of halogens is 4. The van der Waals surface area contributed by atoms with Crippen LogP contribution in [0, 0.1) is 28.9 Å². The van der Waals surface area contributed by atoms with Gasteiger partial charge in [-0.05, 0) is 56.7 Å². The summed E-state index contributed by atoms with van der Waals surface area (Å²) in [6.45, 7) is 5.81. The monoisotopic (exact) mass is 542 g/mol. The second-order valence-electron chi connectivity index (χ2n) is 10.6. The molecule has 0 bridgehead atoms. The SMILES string of the molecule is C[C@@H]1CCCN([C@@H]2CCCC3(C2)CN(c2cc(F)c(S(=O)(=O)Nc4cccc(F)n4)c(F)c2Cl)C3)C1.